The minimum absolute atomic E-state index is 0.00949. The summed E-state index contributed by atoms with van der Waals surface area (Å²) in [5.74, 6) is -0.259. The third-order valence-corrected chi connectivity index (χ3v) is 10.1. The van der Waals surface area contributed by atoms with E-state index in [9.17, 15) is 15.3 Å². The molecule has 11 atom stereocenters. The van der Waals surface area contributed by atoms with Gasteiger partial charge in [0.25, 0.3) is 0 Å². The van der Waals surface area contributed by atoms with Gasteiger partial charge in [0, 0.05) is 12.5 Å². The van der Waals surface area contributed by atoms with Crippen LogP contribution in [0.1, 0.15) is 59.8 Å². The Hall–Kier alpha value is -0.880. The van der Waals surface area contributed by atoms with Gasteiger partial charge in [0.1, 0.15) is 17.8 Å². The lowest BCUT2D eigenvalue weighted by atomic mass is 9.68. The topological polar surface area (TPSA) is 133 Å². The Morgan fingerprint density at radius 3 is 2.64 bits per heavy atom. The van der Waals surface area contributed by atoms with Crippen molar-refractivity contribution in [2.75, 3.05) is 33.5 Å². The van der Waals surface area contributed by atoms with E-state index in [1.54, 1.807) is 7.11 Å². The number of aliphatic hydroxyl groups is 3. The van der Waals surface area contributed by atoms with Crippen molar-refractivity contribution in [2.24, 2.45) is 34.8 Å². The van der Waals surface area contributed by atoms with Crippen molar-refractivity contribution in [1.29, 1.82) is 0 Å². The largest absolute Gasteiger partial charge is 0.390 e. The van der Waals surface area contributed by atoms with Crippen molar-refractivity contribution < 1.29 is 39.0 Å². The van der Waals surface area contributed by atoms with Gasteiger partial charge in [0.15, 0.2) is 12.6 Å². The lowest BCUT2D eigenvalue weighted by Gasteiger charge is -2.43. The van der Waals surface area contributed by atoms with Crippen molar-refractivity contribution in [3.05, 3.63) is 22.8 Å². The molecule has 3 fully saturated rings. The highest BCUT2D eigenvalue weighted by atomic mass is 16.7. The number of hydrogen-bond acceptors (Lipinski definition) is 9. The molecule has 0 amide bonds. The fourth-order valence-corrected chi connectivity index (χ4v) is 7.92. The molecular formula is C30H49NO8. The second-order valence-corrected chi connectivity index (χ2v) is 13.0. The molecule has 0 aromatic carbocycles. The molecule has 0 unspecified atom stereocenters. The lowest BCUT2D eigenvalue weighted by molar-refractivity contribution is -0.224. The molecule has 0 aromatic rings. The van der Waals surface area contributed by atoms with Crippen molar-refractivity contribution >= 4 is 0 Å². The minimum Gasteiger partial charge on any atom is -0.390 e. The number of aliphatic hydroxyl groups excluding tert-OH is 2. The summed E-state index contributed by atoms with van der Waals surface area (Å²) in [6.45, 7) is 10.1. The zero-order chi connectivity index (χ0) is 28.1. The second-order valence-electron chi connectivity index (χ2n) is 13.0. The number of ether oxygens (including phenoxy) is 5. The summed E-state index contributed by atoms with van der Waals surface area (Å²) < 4.78 is 30.0. The van der Waals surface area contributed by atoms with Crippen LogP contribution in [0, 0.1) is 29.1 Å². The predicted molar refractivity (Wildman–Crippen MR) is 144 cm³/mol. The molecule has 9 heteroatoms. The SMILES string of the molecule is COC[C@@]1(O)CC[C@@H]2C1=C[C@@]1(C)CCC(C(C)C)=C1[C@@H](O[C@H]1O[C@@H]3CO[C@@H](OCCCN)[C@@H]3[C@H]1O)[C@H](O)[C@@H]2C. The van der Waals surface area contributed by atoms with Crippen LogP contribution in [0.15, 0.2) is 22.8 Å². The maximum Gasteiger partial charge on any atom is 0.185 e. The molecule has 5 N–H and O–H groups in total. The molecule has 0 bridgehead atoms. The summed E-state index contributed by atoms with van der Waals surface area (Å²) in [5.41, 5.74) is 7.50. The molecule has 1 saturated carbocycles. The van der Waals surface area contributed by atoms with Crippen LogP contribution in [-0.4, -0.2) is 91.4 Å². The zero-order valence-electron chi connectivity index (χ0n) is 24.2. The number of allylic oxidation sites excluding steroid dienone is 2. The molecule has 222 valence electrons. The van der Waals surface area contributed by atoms with E-state index in [4.69, 9.17) is 29.4 Å². The number of rotatable bonds is 9. The molecule has 39 heavy (non-hydrogen) atoms. The lowest BCUT2D eigenvalue weighted by Crippen LogP contribution is -2.48. The van der Waals surface area contributed by atoms with E-state index in [2.05, 4.69) is 26.8 Å². The van der Waals surface area contributed by atoms with Crippen LogP contribution in [0.2, 0.25) is 0 Å². The highest BCUT2D eigenvalue weighted by Gasteiger charge is 2.57. The average molecular weight is 552 g/mol. The first-order chi connectivity index (χ1) is 18.5. The van der Waals surface area contributed by atoms with Gasteiger partial charge in [-0.05, 0) is 67.5 Å². The standard InChI is InChI=1S/C30H49NO8/c1-16(2)18-7-9-29(4)13-20-19(8-10-30(20,34)15-35-5)17(3)24(32)26(23(18)29)39-28-25(33)22-21(38-28)14-37-27(22)36-12-6-11-31/h13,16-17,19,21-22,24-28,32-34H,6-12,14-15,31H2,1-5H3/t17-,19+,21-,22+,24-,25-,26-,27-,28-,29-,30+/m1/s1. The Balaban J connectivity index is 1.48. The molecule has 2 saturated heterocycles. The molecule has 2 heterocycles. The van der Waals surface area contributed by atoms with Gasteiger partial charge in [-0.1, -0.05) is 39.3 Å². The minimum atomic E-state index is -1.03. The first-order valence-corrected chi connectivity index (χ1v) is 14.8. The second kappa shape index (κ2) is 11.4. The summed E-state index contributed by atoms with van der Waals surface area (Å²) in [6, 6.07) is 0. The van der Waals surface area contributed by atoms with Gasteiger partial charge in [-0.15, -0.1) is 0 Å². The molecule has 0 spiro atoms. The van der Waals surface area contributed by atoms with Gasteiger partial charge in [0.2, 0.25) is 0 Å². The smallest absolute Gasteiger partial charge is 0.185 e. The van der Waals surface area contributed by atoms with Gasteiger partial charge in [-0.25, -0.2) is 0 Å². The van der Waals surface area contributed by atoms with Crippen LogP contribution in [0.25, 0.3) is 0 Å². The summed E-state index contributed by atoms with van der Waals surface area (Å²) in [7, 11) is 1.62. The Bertz CT molecular complexity index is 953. The van der Waals surface area contributed by atoms with Crippen molar-refractivity contribution in [1.82, 2.24) is 0 Å². The molecule has 3 aliphatic carbocycles. The molecule has 9 nitrogen and oxygen atoms in total. The predicted octanol–water partition coefficient (Wildman–Crippen LogP) is 2.27. The highest BCUT2D eigenvalue weighted by Crippen LogP contribution is 2.56. The molecular weight excluding hydrogens is 502 g/mol. The summed E-state index contributed by atoms with van der Waals surface area (Å²) in [6.07, 6.45) is 1.87. The van der Waals surface area contributed by atoms with Gasteiger partial charge >= 0.3 is 0 Å². The normalized spacial score (nSPS) is 45.8. The fourth-order valence-electron chi connectivity index (χ4n) is 7.92. The number of fused-ring (bicyclic) bond motifs is 3. The maximum absolute atomic E-state index is 12.0. The highest BCUT2D eigenvalue weighted by molar-refractivity contribution is 5.42. The Kier molecular flexibility index (Phi) is 8.67. The molecule has 0 aromatic heterocycles. The Morgan fingerprint density at radius 2 is 1.95 bits per heavy atom. The van der Waals surface area contributed by atoms with E-state index in [0.29, 0.717) is 32.6 Å². The van der Waals surface area contributed by atoms with E-state index in [-0.39, 0.29) is 36.4 Å². The van der Waals surface area contributed by atoms with Crippen LogP contribution in [0.4, 0.5) is 0 Å². The van der Waals surface area contributed by atoms with E-state index in [1.165, 1.54) is 5.57 Å². The van der Waals surface area contributed by atoms with Gasteiger partial charge in [-0.2, -0.15) is 0 Å². The quantitative estimate of drug-likeness (QED) is 0.252. The summed E-state index contributed by atoms with van der Waals surface area (Å²) in [4.78, 5) is 0. The molecule has 2 aliphatic heterocycles. The van der Waals surface area contributed by atoms with Crippen LogP contribution < -0.4 is 5.73 Å². The zero-order valence-corrected chi connectivity index (χ0v) is 24.2. The van der Waals surface area contributed by atoms with E-state index >= 15 is 0 Å². The summed E-state index contributed by atoms with van der Waals surface area (Å²) in [5, 5.41) is 35.0. The third kappa shape index (κ3) is 5.17. The van der Waals surface area contributed by atoms with Crippen molar-refractivity contribution in [3.8, 4) is 0 Å². The number of nitrogens with two attached hydrogens (primary N) is 1. The van der Waals surface area contributed by atoms with Crippen molar-refractivity contribution in [3.63, 3.8) is 0 Å². The number of hydrogen-bond donors (Lipinski definition) is 4. The average Bonchev–Trinajstić information content (AvgIpc) is 3.61. The van der Waals surface area contributed by atoms with Gasteiger partial charge in [-0.3, -0.25) is 0 Å². The van der Waals surface area contributed by atoms with Crippen LogP contribution in [0.3, 0.4) is 0 Å². The van der Waals surface area contributed by atoms with Gasteiger partial charge in [0.05, 0.1) is 37.9 Å². The van der Waals surface area contributed by atoms with Crippen LogP contribution in [-0.2, 0) is 23.7 Å². The monoisotopic (exact) mass is 551 g/mol. The molecule has 0 radical (unpaired) electrons. The molecule has 5 rings (SSSR count). The van der Waals surface area contributed by atoms with E-state index < -0.39 is 41.9 Å². The maximum atomic E-state index is 12.0. The van der Waals surface area contributed by atoms with Crippen LogP contribution in [0.5, 0.6) is 0 Å². The fraction of sp³-hybridized carbons (Fsp3) is 0.867. The number of methoxy groups -OCH3 is 1. The Labute approximate surface area is 232 Å². The third-order valence-electron chi connectivity index (χ3n) is 10.1. The molecule has 5 aliphatic rings. The van der Waals surface area contributed by atoms with E-state index in [1.807, 2.05) is 6.92 Å². The van der Waals surface area contributed by atoms with Crippen molar-refractivity contribution in [2.45, 2.75) is 102 Å². The van der Waals surface area contributed by atoms with Gasteiger partial charge < -0.3 is 44.7 Å². The summed E-state index contributed by atoms with van der Waals surface area (Å²) >= 11 is 0. The Morgan fingerprint density at radius 1 is 1.18 bits per heavy atom. The van der Waals surface area contributed by atoms with Crippen LogP contribution >= 0.6 is 0 Å². The first kappa shape index (κ1) is 29.6. The van der Waals surface area contributed by atoms with E-state index in [0.717, 1.165) is 30.4 Å². The first-order valence-electron chi connectivity index (χ1n) is 14.8.